The topological polar surface area (TPSA) is 203 Å². The Labute approximate surface area is 211 Å². The first-order chi connectivity index (χ1) is 17.0. The number of anilines is 1. The number of aromatic nitrogens is 1. The Morgan fingerprint density at radius 1 is 1.22 bits per heavy atom. The number of rotatable bonds is 11. The predicted octanol–water partition coefficient (Wildman–Crippen LogP) is 2.06. The molecule has 14 heteroatoms. The number of nitrogens with two attached hydrogens (primary N) is 2. The summed E-state index contributed by atoms with van der Waals surface area (Å²) >= 11 is 0.975. The van der Waals surface area contributed by atoms with Crippen LogP contribution in [-0.4, -0.2) is 49.1 Å². The Morgan fingerprint density at radius 3 is 2.58 bits per heavy atom. The number of thiophene rings is 1. The van der Waals surface area contributed by atoms with E-state index in [1.807, 2.05) is 0 Å². The van der Waals surface area contributed by atoms with Gasteiger partial charge in [-0.25, -0.2) is 13.2 Å². The highest BCUT2D eigenvalue weighted by Gasteiger charge is 2.27. The average Bonchev–Trinajstić information content (AvgIpc) is 3.40. The minimum atomic E-state index is -4.15. The number of nitrogens with zero attached hydrogens (tertiary/aromatic N) is 2. The zero-order valence-corrected chi connectivity index (χ0v) is 21.1. The van der Waals surface area contributed by atoms with Crippen molar-refractivity contribution in [3.8, 4) is 11.1 Å². The predicted molar refractivity (Wildman–Crippen MR) is 135 cm³/mol. The third kappa shape index (κ3) is 6.20. The van der Waals surface area contributed by atoms with Crippen LogP contribution in [0.15, 0.2) is 50.1 Å². The van der Waals surface area contributed by atoms with Gasteiger partial charge in [0.05, 0.1) is 16.3 Å². The summed E-state index contributed by atoms with van der Waals surface area (Å²) < 4.78 is 34.4. The lowest BCUT2D eigenvalue weighted by molar-refractivity contribution is -0.139. The van der Waals surface area contributed by atoms with E-state index in [-0.39, 0.29) is 34.4 Å². The van der Waals surface area contributed by atoms with Crippen LogP contribution in [0.4, 0.5) is 5.69 Å². The van der Waals surface area contributed by atoms with Gasteiger partial charge >= 0.3 is 5.97 Å². The number of carboxylic acids is 1. The molecule has 2 heterocycles. The first-order valence-electron chi connectivity index (χ1n) is 10.7. The Kier molecular flexibility index (Phi) is 8.32. The second kappa shape index (κ2) is 11.2. The average molecular weight is 535 g/mol. The SMILES string of the molecule is Cc1noc(C)c1-c1ccccc1S(=O)(=O)Nc1ccsc1C(=O)N[C@@H](CCCN=C(N)N)C(=O)O. The van der Waals surface area contributed by atoms with Crippen molar-refractivity contribution in [2.24, 2.45) is 16.5 Å². The molecule has 2 aromatic heterocycles. The normalized spacial score (nSPS) is 12.1. The lowest BCUT2D eigenvalue weighted by atomic mass is 10.0. The number of carbonyl (C=O) groups is 2. The van der Waals surface area contributed by atoms with Gasteiger partial charge in [-0.3, -0.25) is 14.5 Å². The van der Waals surface area contributed by atoms with Gasteiger partial charge in [-0.05, 0) is 44.2 Å². The molecule has 1 aromatic carbocycles. The van der Waals surface area contributed by atoms with Crippen LogP contribution in [0.3, 0.4) is 0 Å². The summed E-state index contributed by atoms with van der Waals surface area (Å²) in [7, 11) is -4.15. The molecule has 1 atom stereocenters. The zero-order valence-electron chi connectivity index (χ0n) is 19.5. The lowest BCUT2D eigenvalue weighted by Gasteiger charge is -2.15. The number of aliphatic carboxylic acids is 1. The van der Waals surface area contributed by atoms with Crippen molar-refractivity contribution in [1.82, 2.24) is 10.5 Å². The van der Waals surface area contributed by atoms with Crippen LogP contribution < -0.4 is 21.5 Å². The maximum atomic E-state index is 13.4. The second-order valence-electron chi connectivity index (χ2n) is 7.78. The van der Waals surface area contributed by atoms with Crippen LogP contribution in [-0.2, 0) is 14.8 Å². The Bertz CT molecular complexity index is 1370. The van der Waals surface area contributed by atoms with E-state index in [1.165, 1.54) is 17.5 Å². The first-order valence-corrected chi connectivity index (χ1v) is 13.1. The van der Waals surface area contributed by atoms with E-state index in [1.54, 1.807) is 32.0 Å². The number of sulfonamides is 1. The Hall–Kier alpha value is -3.91. The van der Waals surface area contributed by atoms with Crippen LogP contribution in [0.25, 0.3) is 11.1 Å². The fourth-order valence-electron chi connectivity index (χ4n) is 3.52. The van der Waals surface area contributed by atoms with Crippen LogP contribution in [0.2, 0.25) is 0 Å². The number of carbonyl (C=O) groups excluding carboxylic acids is 1. The summed E-state index contributed by atoms with van der Waals surface area (Å²) in [5.41, 5.74) is 12.0. The van der Waals surface area contributed by atoms with E-state index < -0.39 is 27.9 Å². The molecule has 0 fully saturated rings. The molecule has 0 unspecified atom stereocenters. The molecule has 1 amide bonds. The van der Waals surface area contributed by atoms with E-state index in [2.05, 4.69) is 20.2 Å². The van der Waals surface area contributed by atoms with Gasteiger partial charge < -0.3 is 26.4 Å². The van der Waals surface area contributed by atoms with Crippen molar-refractivity contribution in [3.63, 3.8) is 0 Å². The molecule has 12 nitrogen and oxygen atoms in total. The fourth-order valence-corrected chi connectivity index (χ4v) is 5.63. The smallest absolute Gasteiger partial charge is 0.326 e. The highest BCUT2D eigenvalue weighted by molar-refractivity contribution is 7.92. The van der Waals surface area contributed by atoms with Gasteiger partial charge in [0.1, 0.15) is 16.7 Å². The molecule has 3 rings (SSSR count). The molecule has 192 valence electrons. The number of guanidine groups is 1. The summed E-state index contributed by atoms with van der Waals surface area (Å²) in [5, 5.41) is 17.3. The molecule has 36 heavy (non-hydrogen) atoms. The molecule has 0 bridgehead atoms. The van der Waals surface area contributed by atoms with Gasteiger partial charge in [0.25, 0.3) is 15.9 Å². The Morgan fingerprint density at radius 2 is 1.94 bits per heavy atom. The molecule has 0 saturated carbocycles. The first kappa shape index (κ1) is 26.7. The van der Waals surface area contributed by atoms with E-state index in [9.17, 15) is 23.1 Å². The molecular weight excluding hydrogens is 508 g/mol. The van der Waals surface area contributed by atoms with Crippen molar-refractivity contribution in [2.75, 3.05) is 11.3 Å². The number of amides is 1. The van der Waals surface area contributed by atoms with E-state index in [0.717, 1.165) is 11.3 Å². The summed E-state index contributed by atoms with van der Waals surface area (Å²) in [5.74, 6) is -1.61. The highest BCUT2D eigenvalue weighted by atomic mass is 32.2. The van der Waals surface area contributed by atoms with Gasteiger partial charge in [0, 0.05) is 17.7 Å². The minimum Gasteiger partial charge on any atom is -0.480 e. The molecule has 0 aliphatic heterocycles. The quantitative estimate of drug-likeness (QED) is 0.138. The van der Waals surface area contributed by atoms with Crippen molar-refractivity contribution < 1.29 is 27.6 Å². The fraction of sp³-hybridized carbons (Fsp3) is 0.273. The van der Waals surface area contributed by atoms with Gasteiger partial charge in [0.15, 0.2) is 5.96 Å². The van der Waals surface area contributed by atoms with Crippen LogP contribution in [0.1, 0.15) is 34.0 Å². The van der Waals surface area contributed by atoms with Crippen molar-refractivity contribution in [2.45, 2.75) is 37.6 Å². The number of benzene rings is 1. The molecule has 3 aromatic rings. The zero-order chi connectivity index (χ0) is 26.5. The molecule has 0 aliphatic carbocycles. The maximum absolute atomic E-state index is 13.4. The largest absolute Gasteiger partial charge is 0.480 e. The minimum absolute atomic E-state index is 0.0175. The third-order valence-corrected chi connectivity index (χ3v) is 7.48. The van der Waals surface area contributed by atoms with Crippen molar-refractivity contribution >= 4 is 44.9 Å². The summed E-state index contributed by atoms with van der Waals surface area (Å²) in [6.45, 7) is 3.60. The van der Waals surface area contributed by atoms with E-state index in [4.69, 9.17) is 16.0 Å². The van der Waals surface area contributed by atoms with Gasteiger partial charge in [-0.15, -0.1) is 11.3 Å². The van der Waals surface area contributed by atoms with E-state index in [0.29, 0.717) is 29.0 Å². The molecule has 0 saturated heterocycles. The Balaban J connectivity index is 1.82. The van der Waals surface area contributed by atoms with Crippen LogP contribution in [0, 0.1) is 13.8 Å². The highest BCUT2D eigenvalue weighted by Crippen LogP contribution is 2.34. The molecule has 0 radical (unpaired) electrons. The molecular formula is C22H26N6O6S2. The van der Waals surface area contributed by atoms with E-state index >= 15 is 0 Å². The molecule has 7 N–H and O–H groups in total. The van der Waals surface area contributed by atoms with Gasteiger partial charge in [-0.2, -0.15) is 0 Å². The second-order valence-corrected chi connectivity index (χ2v) is 10.3. The molecule has 0 aliphatic rings. The number of aliphatic imine (C=N–C) groups is 1. The van der Waals surface area contributed by atoms with Gasteiger partial charge in [0.2, 0.25) is 0 Å². The number of carboxylic acid groups (broad SMARTS) is 1. The summed E-state index contributed by atoms with van der Waals surface area (Å²) in [6, 6.07) is 6.58. The standard InChI is InChI=1S/C22H26N6O6S2/c1-12-18(13(2)34-27-12)14-6-3-4-8-17(14)36(32,33)28-15-9-11-35-19(15)20(29)26-16(21(30)31)7-5-10-25-22(23)24/h3-4,6,8-9,11,16,28H,5,7,10H2,1-2H3,(H,26,29)(H,30,31)(H4,23,24,25)/t16-/m0/s1. The number of aryl methyl sites for hydroxylation is 2. The van der Waals surface area contributed by atoms with Crippen molar-refractivity contribution in [3.05, 3.63) is 52.0 Å². The molecule has 0 spiro atoms. The summed E-state index contributed by atoms with van der Waals surface area (Å²) in [6.07, 6.45) is 0.395. The van der Waals surface area contributed by atoms with Crippen LogP contribution >= 0.6 is 11.3 Å². The summed E-state index contributed by atoms with van der Waals surface area (Å²) in [4.78, 5) is 28.3. The van der Waals surface area contributed by atoms with Gasteiger partial charge in [-0.1, -0.05) is 23.4 Å². The third-order valence-electron chi connectivity index (χ3n) is 5.14. The monoisotopic (exact) mass is 534 g/mol. The van der Waals surface area contributed by atoms with Crippen molar-refractivity contribution in [1.29, 1.82) is 0 Å². The maximum Gasteiger partial charge on any atom is 0.326 e. The number of hydrogen-bond acceptors (Lipinski definition) is 8. The number of hydrogen-bond donors (Lipinski definition) is 5. The lowest BCUT2D eigenvalue weighted by Crippen LogP contribution is -2.40. The number of nitrogens with one attached hydrogen (secondary N) is 2. The van der Waals surface area contributed by atoms with Crippen LogP contribution in [0.5, 0.6) is 0 Å².